The Kier molecular flexibility index (Phi) is 6.45. The number of rotatable bonds is 6. The number of hydrogen-bond acceptors (Lipinski definition) is 7. The molecule has 7 heteroatoms. The number of anilines is 4. The Morgan fingerprint density at radius 1 is 1.10 bits per heavy atom. The number of hydrogen-bond donors (Lipinski definition) is 2. The minimum atomic E-state index is 0.435. The highest BCUT2D eigenvalue weighted by Crippen LogP contribution is 2.26. The Balaban J connectivity index is 1.46. The van der Waals surface area contributed by atoms with Crippen molar-refractivity contribution in [3.8, 4) is 6.07 Å². The molecule has 1 saturated heterocycles. The van der Waals surface area contributed by atoms with Crippen molar-refractivity contribution in [1.82, 2.24) is 14.9 Å². The molecule has 2 heterocycles. The van der Waals surface area contributed by atoms with Crippen LogP contribution in [0.2, 0.25) is 0 Å². The lowest BCUT2D eigenvalue weighted by atomic mass is 10.2. The summed E-state index contributed by atoms with van der Waals surface area (Å²) in [5.41, 5.74) is 3.04. The fourth-order valence-electron chi connectivity index (χ4n) is 4.03. The van der Waals surface area contributed by atoms with Gasteiger partial charge in [-0.15, -0.1) is 0 Å². The second-order valence-corrected chi connectivity index (χ2v) is 8.05. The maximum Gasteiger partial charge on any atom is 0.229 e. The lowest BCUT2D eigenvalue weighted by molar-refractivity contribution is 0.313. The van der Waals surface area contributed by atoms with E-state index in [0.29, 0.717) is 12.0 Å². The minimum absolute atomic E-state index is 0.435. The Labute approximate surface area is 178 Å². The largest absolute Gasteiger partial charge is 0.369 e. The average molecular weight is 404 g/mol. The first-order chi connectivity index (χ1) is 14.7. The summed E-state index contributed by atoms with van der Waals surface area (Å²) < 4.78 is 0. The van der Waals surface area contributed by atoms with Crippen LogP contribution >= 0.6 is 0 Å². The number of nitriles is 1. The first-order valence-electron chi connectivity index (χ1n) is 10.7. The molecule has 1 aromatic carbocycles. The van der Waals surface area contributed by atoms with Crippen molar-refractivity contribution in [2.75, 3.05) is 48.8 Å². The van der Waals surface area contributed by atoms with E-state index in [4.69, 9.17) is 10.2 Å². The van der Waals surface area contributed by atoms with Gasteiger partial charge in [-0.25, -0.2) is 4.98 Å². The smallest absolute Gasteiger partial charge is 0.229 e. The predicted octanol–water partition coefficient (Wildman–Crippen LogP) is 3.86. The van der Waals surface area contributed by atoms with Crippen molar-refractivity contribution in [2.45, 2.75) is 31.7 Å². The molecular formula is C23H29N7. The Morgan fingerprint density at radius 3 is 2.53 bits per heavy atom. The predicted molar refractivity (Wildman–Crippen MR) is 122 cm³/mol. The number of nitrogens with zero attached hydrogens (tertiary/aromatic N) is 5. The third-order valence-corrected chi connectivity index (χ3v) is 5.84. The molecule has 0 atom stereocenters. The zero-order valence-electron chi connectivity index (χ0n) is 17.5. The second-order valence-electron chi connectivity index (χ2n) is 8.05. The second kappa shape index (κ2) is 9.59. The molecule has 7 nitrogen and oxygen atoms in total. The lowest BCUT2D eigenvalue weighted by Gasteiger charge is -2.34. The van der Waals surface area contributed by atoms with Crippen LogP contribution in [-0.4, -0.2) is 54.1 Å². The summed E-state index contributed by atoms with van der Waals surface area (Å²) in [6.07, 6.45) is 9.78. The zero-order valence-corrected chi connectivity index (χ0v) is 17.5. The zero-order chi connectivity index (χ0) is 20.8. The topological polar surface area (TPSA) is 80.1 Å². The Bertz CT molecular complexity index is 902. The van der Waals surface area contributed by atoms with Crippen molar-refractivity contribution in [2.24, 2.45) is 0 Å². The van der Waals surface area contributed by atoms with Gasteiger partial charge in [0.1, 0.15) is 5.82 Å². The molecule has 0 spiro atoms. The van der Waals surface area contributed by atoms with Crippen LogP contribution in [0.1, 0.15) is 31.2 Å². The van der Waals surface area contributed by atoms with Crippen LogP contribution in [0.15, 0.2) is 36.5 Å². The van der Waals surface area contributed by atoms with E-state index in [1.165, 1.54) is 24.6 Å². The summed E-state index contributed by atoms with van der Waals surface area (Å²) in [6.45, 7) is 4.30. The summed E-state index contributed by atoms with van der Waals surface area (Å²) in [4.78, 5) is 13.9. The van der Waals surface area contributed by atoms with E-state index < -0.39 is 0 Å². The fourth-order valence-corrected chi connectivity index (χ4v) is 4.03. The quantitative estimate of drug-likeness (QED) is 0.709. The van der Waals surface area contributed by atoms with Gasteiger partial charge in [-0.2, -0.15) is 10.2 Å². The lowest BCUT2D eigenvalue weighted by Crippen LogP contribution is -2.44. The Morgan fingerprint density at radius 2 is 1.83 bits per heavy atom. The molecule has 2 aromatic rings. The number of nitrogens with one attached hydrogen (secondary N) is 2. The molecule has 4 rings (SSSR count). The van der Waals surface area contributed by atoms with Crippen LogP contribution in [0, 0.1) is 11.3 Å². The minimum Gasteiger partial charge on any atom is -0.369 e. The summed E-state index contributed by atoms with van der Waals surface area (Å²) in [6, 6.07) is 10.9. The highest BCUT2D eigenvalue weighted by molar-refractivity contribution is 5.67. The molecule has 30 heavy (non-hydrogen) atoms. The number of benzene rings is 1. The van der Waals surface area contributed by atoms with Crippen LogP contribution < -0.4 is 15.5 Å². The molecule has 0 bridgehead atoms. The van der Waals surface area contributed by atoms with Crippen molar-refractivity contribution >= 4 is 29.2 Å². The molecule has 1 aromatic heterocycles. The van der Waals surface area contributed by atoms with Gasteiger partial charge >= 0.3 is 0 Å². The van der Waals surface area contributed by atoms with E-state index in [1.807, 2.05) is 6.07 Å². The van der Waals surface area contributed by atoms with E-state index in [2.05, 4.69) is 56.7 Å². The van der Waals surface area contributed by atoms with Crippen LogP contribution in [0.3, 0.4) is 0 Å². The third-order valence-electron chi connectivity index (χ3n) is 5.84. The highest BCUT2D eigenvalue weighted by atomic mass is 15.2. The molecule has 0 radical (unpaired) electrons. The van der Waals surface area contributed by atoms with Gasteiger partial charge in [0.15, 0.2) is 0 Å². The molecule has 2 aliphatic rings. The Hall–Kier alpha value is -3.11. The number of aromatic nitrogens is 2. The van der Waals surface area contributed by atoms with Gasteiger partial charge in [0, 0.05) is 61.4 Å². The van der Waals surface area contributed by atoms with E-state index in [9.17, 15) is 0 Å². The summed E-state index contributed by atoms with van der Waals surface area (Å²) >= 11 is 0. The van der Waals surface area contributed by atoms with Crippen molar-refractivity contribution in [3.63, 3.8) is 0 Å². The van der Waals surface area contributed by atoms with E-state index in [-0.39, 0.29) is 0 Å². The molecule has 0 unspecified atom stereocenters. The molecule has 1 aliphatic carbocycles. The molecule has 2 fully saturated rings. The van der Waals surface area contributed by atoms with Crippen molar-refractivity contribution < 1.29 is 0 Å². The van der Waals surface area contributed by atoms with Gasteiger partial charge < -0.3 is 20.4 Å². The first-order valence-corrected chi connectivity index (χ1v) is 10.7. The van der Waals surface area contributed by atoms with Gasteiger partial charge in [-0.1, -0.05) is 12.8 Å². The molecule has 1 aliphatic heterocycles. The number of piperazine rings is 1. The maximum absolute atomic E-state index is 8.87. The van der Waals surface area contributed by atoms with Gasteiger partial charge in [0.2, 0.25) is 5.95 Å². The van der Waals surface area contributed by atoms with E-state index in [0.717, 1.165) is 56.1 Å². The molecule has 1 saturated carbocycles. The standard InChI is InChI=1S/C23H29N7/c1-29-13-15-30(16-14-29)21-10-8-20(9-11-21)27-23-25-17-18(5-4-12-24)22(28-23)26-19-6-2-3-7-19/h4-5,8-11,17,19H,2-3,6-7,13-16H2,1H3,(H2,25,26,27,28). The SMILES string of the molecule is CN1CCN(c2ccc(Nc3ncc(C=CC#N)c(NC4CCCC4)n3)cc2)CC1. The molecule has 0 amide bonds. The first kappa shape index (κ1) is 20.2. The van der Waals surface area contributed by atoms with Crippen molar-refractivity contribution in [3.05, 3.63) is 42.1 Å². The van der Waals surface area contributed by atoms with Gasteiger partial charge in [0.05, 0.1) is 6.07 Å². The summed E-state index contributed by atoms with van der Waals surface area (Å²) in [7, 11) is 2.17. The van der Waals surface area contributed by atoms with Crippen LogP contribution in [0.4, 0.5) is 23.1 Å². The van der Waals surface area contributed by atoms with Crippen molar-refractivity contribution in [1.29, 1.82) is 5.26 Å². The highest BCUT2D eigenvalue weighted by Gasteiger charge is 2.17. The van der Waals surface area contributed by atoms with Crippen LogP contribution in [0.25, 0.3) is 6.08 Å². The average Bonchev–Trinajstić information content (AvgIpc) is 3.28. The number of allylic oxidation sites excluding steroid dienone is 1. The fraction of sp³-hybridized carbons (Fsp3) is 0.435. The molecular weight excluding hydrogens is 374 g/mol. The normalized spacial score (nSPS) is 17.9. The third kappa shape index (κ3) is 5.08. The van der Waals surface area contributed by atoms with Gasteiger partial charge in [-0.05, 0) is 50.2 Å². The molecule has 156 valence electrons. The monoisotopic (exact) mass is 403 g/mol. The van der Waals surface area contributed by atoms with Crippen LogP contribution in [0.5, 0.6) is 0 Å². The summed E-state index contributed by atoms with van der Waals surface area (Å²) in [5.74, 6) is 1.33. The van der Waals surface area contributed by atoms with Gasteiger partial charge in [0.25, 0.3) is 0 Å². The van der Waals surface area contributed by atoms with Gasteiger partial charge in [-0.3, -0.25) is 0 Å². The number of likely N-dealkylation sites (N-methyl/N-ethyl adjacent to an activating group) is 1. The maximum atomic E-state index is 8.87. The van der Waals surface area contributed by atoms with Crippen LogP contribution in [-0.2, 0) is 0 Å². The molecule has 2 N–H and O–H groups in total. The van der Waals surface area contributed by atoms with E-state index >= 15 is 0 Å². The summed E-state index contributed by atoms with van der Waals surface area (Å²) in [5, 5.41) is 15.7. The van der Waals surface area contributed by atoms with E-state index in [1.54, 1.807) is 12.3 Å².